The number of aliphatic hydroxyl groups excluding tert-OH is 1. The normalized spacial score (nSPS) is 43.5. The van der Waals surface area contributed by atoms with Crippen molar-refractivity contribution in [3.05, 3.63) is 11.6 Å². The summed E-state index contributed by atoms with van der Waals surface area (Å²) in [5.41, 5.74) is -1.96. The minimum atomic E-state index is -1.53. The van der Waals surface area contributed by atoms with Gasteiger partial charge in [0.2, 0.25) is 5.78 Å². The summed E-state index contributed by atoms with van der Waals surface area (Å²) in [6.07, 6.45) is 4.10. The Kier molecular flexibility index (Phi) is 7.00. The van der Waals surface area contributed by atoms with Crippen molar-refractivity contribution in [3.63, 3.8) is 0 Å². The first kappa shape index (κ1) is 27.3. The van der Waals surface area contributed by atoms with Crippen LogP contribution in [0.5, 0.6) is 0 Å². The van der Waals surface area contributed by atoms with Gasteiger partial charge in [-0.2, -0.15) is 0 Å². The van der Waals surface area contributed by atoms with Crippen LogP contribution in [0, 0.1) is 28.6 Å². The maximum Gasteiger partial charge on any atom is 0.306 e. The van der Waals surface area contributed by atoms with Crippen LogP contribution in [-0.2, 0) is 28.7 Å². The van der Waals surface area contributed by atoms with E-state index in [1.54, 1.807) is 19.9 Å². The zero-order chi connectivity index (χ0) is 26.7. The molecule has 0 aromatic rings. The number of halogens is 1. The minimum absolute atomic E-state index is 0.0973. The van der Waals surface area contributed by atoms with Crippen LogP contribution in [0.4, 0.5) is 0 Å². The molecule has 4 rings (SSSR count). The van der Waals surface area contributed by atoms with Crippen molar-refractivity contribution in [3.8, 4) is 0 Å². The Hall–Kier alpha value is -1.73. The summed E-state index contributed by atoms with van der Waals surface area (Å²) in [4.78, 5) is 49.7. The number of carbonyl (C=O) groups excluding carboxylic acids is 4. The third kappa shape index (κ3) is 3.55. The monoisotopic (exact) mass is 522 g/mol. The van der Waals surface area contributed by atoms with Gasteiger partial charge in [0, 0.05) is 36.0 Å². The standard InChI is InChI=1S/C28H39ClO7/c1-6-23(33)35-15-22(32)28(36-24(34)7-2)16(3)12-20-19-9-8-17-13-18(30)10-11-25(17,4)27(19,29)21(31)14-26(20,28)5/h13,16,19-21,31H,6-12,14-15H2,1-5H3. The maximum absolute atomic E-state index is 13.9. The highest BCUT2D eigenvalue weighted by Gasteiger charge is 2.76. The highest BCUT2D eigenvalue weighted by Crippen LogP contribution is 2.72. The largest absolute Gasteiger partial charge is 0.457 e. The van der Waals surface area contributed by atoms with E-state index in [0.717, 1.165) is 5.57 Å². The van der Waals surface area contributed by atoms with Crippen molar-refractivity contribution in [1.29, 1.82) is 0 Å². The fourth-order valence-electron chi connectivity index (χ4n) is 8.37. The highest BCUT2D eigenvalue weighted by atomic mass is 35.5. The molecule has 4 aliphatic carbocycles. The van der Waals surface area contributed by atoms with E-state index < -0.39 is 51.7 Å². The maximum atomic E-state index is 13.9. The summed E-state index contributed by atoms with van der Waals surface area (Å²) >= 11 is 7.53. The van der Waals surface area contributed by atoms with Crippen molar-refractivity contribution in [1.82, 2.24) is 0 Å². The Bertz CT molecular complexity index is 1010. The van der Waals surface area contributed by atoms with Gasteiger partial charge in [-0.25, -0.2) is 0 Å². The lowest BCUT2D eigenvalue weighted by molar-refractivity contribution is -0.204. The second-order valence-electron chi connectivity index (χ2n) is 11.8. The van der Waals surface area contributed by atoms with Gasteiger partial charge in [0.15, 0.2) is 18.0 Å². The number of ether oxygens (including phenoxy) is 2. The molecule has 0 radical (unpaired) electrons. The number of hydrogen-bond acceptors (Lipinski definition) is 7. The SMILES string of the molecule is CCC(=O)OCC(=O)C1(OC(=O)CC)C(C)CC2C3CCC4=CC(=O)CCC4(C)C3(Cl)C(O)CC21C. The summed E-state index contributed by atoms with van der Waals surface area (Å²) in [5, 5.41) is 11.8. The summed E-state index contributed by atoms with van der Waals surface area (Å²) in [6.45, 7) is 8.75. The summed E-state index contributed by atoms with van der Waals surface area (Å²) in [6, 6.07) is 0. The number of allylic oxidation sites excluding steroid dienone is 1. The Balaban J connectivity index is 1.79. The first-order valence-electron chi connectivity index (χ1n) is 13.3. The van der Waals surface area contributed by atoms with Crippen molar-refractivity contribution in [2.45, 2.75) is 103 Å². The lowest BCUT2D eigenvalue weighted by atomic mass is 9.44. The molecule has 0 aliphatic heterocycles. The Morgan fingerprint density at radius 1 is 1.11 bits per heavy atom. The number of alkyl halides is 1. The van der Waals surface area contributed by atoms with Crippen LogP contribution < -0.4 is 0 Å². The van der Waals surface area contributed by atoms with Crippen LogP contribution in [0.25, 0.3) is 0 Å². The predicted octanol–water partition coefficient (Wildman–Crippen LogP) is 4.31. The number of esters is 2. The molecule has 0 spiro atoms. The van der Waals surface area contributed by atoms with E-state index in [4.69, 9.17) is 21.1 Å². The number of fused-ring (bicyclic) bond motifs is 5. The van der Waals surface area contributed by atoms with E-state index in [2.05, 4.69) is 6.92 Å². The van der Waals surface area contributed by atoms with Gasteiger partial charge in [0.25, 0.3) is 0 Å². The van der Waals surface area contributed by atoms with Crippen LogP contribution in [-0.4, -0.2) is 51.8 Å². The number of ketones is 2. The van der Waals surface area contributed by atoms with Gasteiger partial charge in [-0.05, 0) is 50.0 Å². The van der Waals surface area contributed by atoms with Crippen LogP contribution in [0.15, 0.2) is 11.6 Å². The molecule has 3 saturated carbocycles. The highest BCUT2D eigenvalue weighted by molar-refractivity contribution is 6.26. The topological polar surface area (TPSA) is 107 Å². The van der Waals surface area contributed by atoms with E-state index in [0.29, 0.717) is 32.1 Å². The van der Waals surface area contributed by atoms with Gasteiger partial charge in [-0.1, -0.05) is 40.2 Å². The van der Waals surface area contributed by atoms with E-state index in [-0.39, 0.29) is 42.8 Å². The molecule has 36 heavy (non-hydrogen) atoms. The third-order valence-electron chi connectivity index (χ3n) is 10.2. The first-order valence-corrected chi connectivity index (χ1v) is 13.7. The molecule has 0 bridgehead atoms. The third-order valence-corrected chi connectivity index (χ3v) is 11.2. The lowest BCUT2D eigenvalue weighted by Gasteiger charge is -2.65. The van der Waals surface area contributed by atoms with Crippen LogP contribution in [0.2, 0.25) is 0 Å². The minimum Gasteiger partial charge on any atom is -0.457 e. The molecule has 8 heteroatoms. The quantitative estimate of drug-likeness (QED) is 0.409. The molecule has 8 atom stereocenters. The number of rotatable bonds is 6. The molecule has 3 fully saturated rings. The van der Waals surface area contributed by atoms with Gasteiger partial charge in [0.1, 0.15) is 0 Å². The van der Waals surface area contributed by atoms with Crippen LogP contribution >= 0.6 is 11.6 Å². The Morgan fingerprint density at radius 2 is 1.78 bits per heavy atom. The smallest absolute Gasteiger partial charge is 0.306 e. The van der Waals surface area contributed by atoms with E-state index in [1.807, 2.05) is 13.8 Å². The molecule has 0 heterocycles. The van der Waals surface area contributed by atoms with Crippen molar-refractivity contribution < 1.29 is 33.8 Å². The van der Waals surface area contributed by atoms with E-state index in [9.17, 15) is 24.3 Å². The van der Waals surface area contributed by atoms with E-state index >= 15 is 0 Å². The number of hydrogen-bond donors (Lipinski definition) is 1. The van der Waals surface area contributed by atoms with Crippen LogP contribution in [0.3, 0.4) is 0 Å². The number of Topliss-reactive ketones (excluding diaryl/α,β-unsaturated/α-hetero) is 1. The number of carbonyl (C=O) groups is 4. The summed E-state index contributed by atoms with van der Waals surface area (Å²) in [5.74, 6) is -1.92. The lowest BCUT2D eigenvalue weighted by Crippen LogP contribution is -2.70. The predicted molar refractivity (Wildman–Crippen MR) is 133 cm³/mol. The molecular formula is C28H39ClO7. The van der Waals surface area contributed by atoms with Gasteiger partial charge in [-0.3, -0.25) is 19.2 Å². The first-order chi connectivity index (χ1) is 16.8. The molecule has 0 aromatic carbocycles. The van der Waals surface area contributed by atoms with Gasteiger partial charge < -0.3 is 14.6 Å². The molecule has 200 valence electrons. The average molecular weight is 523 g/mol. The Labute approximate surface area is 218 Å². The van der Waals surface area contributed by atoms with Crippen LogP contribution in [0.1, 0.15) is 86.0 Å². The fourth-order valence-corrected chi connectivity index (χ4v) is 8.92. The van der Waals surface area contributed by atoms with E-state index in [1.165, 1.54) is 0 Å². The zero-order valence-electron chi connectivity index (χ0n) is 22.0. The molecule has 8 unspecified atom stereocenters. The van der Waals surface area contributed by atoms with Gasteiger partial charge >= 0.3 is 11.9 Å². The molecule has 7 nitrogen and oxygen atoms in total. The second kappa shape index (κ2) is 9.23. The molecule has 4 aliphatic rings. The van der Waals surface area contributed by atoms with Crippen molar-refractivity contribution >= 4 is 35.1 Å². The molecular weight excluding hydrogens is 484 g/mol. The van der Waals surface area contributed by atoms with Gasteiger partial charge in [0.05, 0.1) is 11.0 Å². The second-order valence-corrected chi connectivity index (χ2v) is 12.4. The van der Waals surface area contributed by atoms with Crippen molar-refractivity contribution in [2.75, 3.05) is 6.61 Å². The molecule has 0 saturated heterocycles. The molecule has 1 N–H and O–H groups in total. The van der Waals surface area contributed by atoms with Crippen molar-refractivity contribution in [2.24, 2.45) is 28.6 Å². The zero-order valence-corrected chi connectivity index (χ0v) is 22.8. The Morgan fingerprint density at radius 3 is 2.42 bits per heavy atom. The number of aliphatic hydroxyl groups is 1. The molecule has 0 amide bonds. The molecule has 0 aromatic heterocycles. The average Bonchev–Trinajstić information content (AvgIpc) is 3.05. The summed E-state index contributed by atoms with van der Waals surface area (Å²) < 4.78 is 11.3. The summed E-state index contributed by atoms with van der Waals surface area (Å²) in [7, 11) is 0. The fraction of sp³-hybridized carbons (Fsp3) is 0.786. The van der Waals surface area contributed by atoms with Gasteiger partial charge in [-0.15, -0.1) is 11.6 Å².